The zero-order chi connectivity index (χ0) is 17.8. The lowest BCUT2D eigenvalue weighted by Gasteiger charge is -2.06. The Hall–Kier alpha value is -0.870. The maximum absolute atomic E-state index is 11.6. The Morgan fingerprint density at radius 1 is 1.08 bits per heavy atom. The van der Waals surface area contributed by atoms with Gasteiger partial charge in [0.25, 0.3) is 0 Å². The first-order valence-corrected chi connectivity index (χ1v) is 10.0. The third kappa shape index (κ3) is 10.0. The van der Waals surface area contributed by atoms with Gasteiger partial charge in [-0.05, 0) is 31.2 Å². The number of rotatable bonds is 11. The van der Waals surface area contributed by atoms with Crippen molar-refractivity contribution in [3.05, 3.63) is 29.8 Å². The Morgan fingerprint density at radius 2 is 1.68 bits per heavy atom. The van der Waals surface area contributed by atoms with Crippen LogP contribution in [0.4, 0.5) is 0 Å². The zero-order valence-corrected chi connectivity index (χ0v) is 18.3. The SMILES string of the molecule is CCCCCCCCNC(N)=NCc1ccc(S(=O)(=O)NC)cc1.I. The zero-order valence-electron chi connectivity index (χ0n) is 15.1. The van der Waals surface area contributed by atoms with Crippen LogP contribution in [0.2, 0.25) is 0 Å². The molecule has 0 heterocycles. The average Bonchev–Trinajstić information content (AvgIpc) is 2.59. The van der Waals surface area contributed by atoms with E-state index in [0.29, 0.717) is 12.5 Å². The Bertz CT molecular complexity index is 604. The molecule has 0 saturated heterocycles. The molecule has 0 aliphatic heterocycles. The van der Waals surface area contributed by atoms with Gasteiger partial charge in [0.15, 0.2) is 5.96 Å². The first kappa shape index (κ1) is 24.1. The fraction of sp³-hybridized carbons (Fsp3) is 0.588. The van der Waals surface area contributed by atoms with Crippen LogP contribution < -0.4 is 15.8 Å². The Balaban J connectivity index is 0.00000576. The summed E-state index contributed by atoms with van der Waals surface area (Å²) in [5.74, 6) is 0.426. The van der Waals surface area contributed by atoms with E-state index in [-0.39, 0.29) is 28.9 Å². The van der Waals surface area contributed by atoms with E-state index in [1.807, 2.05) is 0 Å². The monoisotopic (exact) mass is 482 g/mol. The van der Waals surface area contributed by atoms with Crippen molar-refractivity contribution in [3.63, 3.8) is 0 Å². The van der Waals surface area contributed by atoms with Crippen LogP contribution in [-0.4, -0.2) is 28.0 Å². The quantitative estimate of drug-likeness (QED) is 0.196. The lowest BCUT2D eigenvalue weighted by atomic mass is 10.1. The molecule has 0 aromatic heterocycles. The molecule has 0 aliphatic rings. The van der Waals surface area contributed by atoms with E-state index in [0.717, 1.165) is 18.5 Å². The van der Waals surface area contributed by atoms with Crippen molar-refractivity contribution in [1.29, 1.82) is 0 Å². The van der Waals surface area contributed by atoms with E-state index < -0.39 is 10.0 Å². The van der Waals surface area contributed by atoms with Crippen molar-refractivity contribution in [2.24, 2.45) is 10.7 Å². The second-order valence-corrected chi connectivity index (χ2v) is 7.63. The normalized spacial score (nSPS) is 11.8. The predicted octanol–water partition coefficient (Wildman–Crippen LogP) is 2.98. The van der Waals surface area contributed by atoms with Crippen LogP contribution in [0.3, 0.4) is 0 Å². The summed E-state index contributed by atoms with van der Waals surface area (Å²) in [6.07, 6.45) is 7.46. The molecule has 0 saturated carbocycles. The number of nitrogens with one attached hydrogen (secondary N) is 2. The number of benzene rings is 1. The molecule has 6 nitrogen and oxygen atoms in total. The number of halogens is 1. The van der Waals surface area contributed by atoms with Gasteiger partial charge in [0.1, 0.15) is 0 Å². The van der Waals surface area contributed by atoms with Gasteiger partial charge in [0.2, 0.25) is 10.0 Å². The first-order chi connectivity index (χ1) is 11.5. The summed E-state index contributed by atoms with van der Waals surface area (Å²) in [6, 6.07) is 6.62. The molecule has 4 N–H and O–H groups in total. The molecular weight excluding hydrogens is 451 g/mol. The molecule has 0 aliphatic carbocycles. The summed E-state index contributed by atoms with van der Waals surface area (Å²) in [7, 11) is -2.00. The van der Waals surface area contributed by atoms with Crippen LogP contribution in [-0.2, 0) is 16.6 Å². The number of hydrogen-bond donors (Lipinski definition) is 3. The molecular formula is C17H31IN4O2S. The van der Waals surface area contributed by atoms with Crippen molar-refractivity contribution < 1.29 is 8.42 Å². The number of hydrogen-bond acceptors (Lipinski definition) is 3. The molecule has 0 unspecified atom stereocenters. The van der Waals surface area contributed by atoms with E-state index in [2.05, 4.69) is 22.0 Å². The van der Waals surface area contributed by atoms with Crippen molar-refractivity contribution in [1.82, 2.24) is 10.0 Å². The topological polar surface area (TPSA) is 96.6 Å². The lowest BCUT2D eigenvalue weighted by molar-refractivity contribution is 0.588. The van der Waals surface area contributed by atoms with E-state index in [9.17, 15) is 8.42 Å². The molecule has 0 amide bonds. The second kappa shape index (κ2) is 13.3. The highest BCUT2D eigenvalue weighted by Crippen LogP contribution is 2.10. The van der Waals surface area contributed by atoms with Gasteiger partial charge in [0.05, 0.1) is 11.4 Å². The van der Waals surface area contributed by atoms with Crippen LogP contribution >= 0.6 is 24.0 Å². The minimum Gasteiger partial charge on any atom is -0.370 e. The van der Waals surface area contributed by atoms with Crippen LogP contribution in [0.5, 0.6) is 0 Å². The highest BCUT2D eigenvalue weighted by atomic mass is 127. The average molecular weight is 482 g/mol. The van der Waals surface area contributed by atoms with Gasteiger partial charge >= 0.3 is 0 Å². The molecule has 0 fully saturated rings. The van der Waals surface area contributed by atoms with Crippen molar-refractivity contribution in [2.75, 3.05) is 13.6 Å². The molecule has 0 bridgehead atoms. The molecule has 8 heteroatoms. The third-order valence-corrected chi connectivity index (χ3v) is 5.20. The fourth-order valence-corrected chi connectivity index (χ4v) is 2.98. The molecule has 25 heavy (non-hydrogen) atoms. The van der Waals surface area contributed by atoms with Crippen molar-refractivity contribution in [2.45, 2.75) is 56.9 Å². The molecule has 0 radical (unpaired) electrons. The first-order valence-electron chi connectivity index (χ1n) is 8.56. The fourth-order valence-electron chi connectivity index (χ4n) is 2.25. The third-order valence-electron chi connectivity index (χ3n) is 3.77. The minimum absolute atomic E-state index is 0. The molecule has 1 aromatic rings. The van der Waals surface area contributed by atoms with Crippen molar-refractivity contribution in [3.8, 4) is 0 Å². The summed E-state index contributed by atoms with van der Waals surface area (Å²) < 4.78 is 25.6. The maximum Gasteiger partial charge on any atom is 0.240 e. The Morgan fingerprint density at radius 3 is 2.28 bits per heavy atom. The summed E-state index contributed by atoms with van der Waals surface area (Å²) in [6.45, 7) is 3.47. The summed E-state index contributed by atoms with van der Waals surface area (Å²) in [5, 5.41) is 3.11. The molecule has 0 spiro atoms. The number of nitrogens with two attached hydrogens (primary N) is 1. The molecule has 144 valence electrons. The smallest absolute Gasteiger partial charge is 0.240 e. The second-order valence-electron chi connectivity index (χ2n) is 5.75. The van der Waals surface area contributed by atoms with Gasteiger partial charge in [-0.2, -0.15) is 0 Å². The van der Waals surface area contributed by atoms with Gasteiger partial charge < -0.3 is 11.1 Å². The molecule has 0 atom stereocenters. The maximum atomic E-state index is 11.6. The van der Waals surface area contributed by atoms with Gasteiger partial charge in [-0.3, -0.25) is 0 Å². The van der Waals surface area contributed by atoms with Crippen LogP contribution in [0.15, 0.2) is 34.2 Å². The van der Waals surface area contributed by atoms with Crippen molar-refractivity contribution >= 4 is 40.0 Å². The lowest BCUT2D eigenvalue weighted by Crippen LogP contribution is -2.32. The number of unbranched alkanes of at least 4 members (excludes halogenated alkanes) is 5. The Labute approximate surface area is 169 Å². The highest BCUT2D eigenvalue weighted by Gasteiger charge is 2.10. The largest absolute Gasteiger partial charge is 0.370 e. The summed E-state index contributed by atoms with van der Waals surface area (Å²) in [4.78, 5) is 4.51. The van der Waals surface area contributed by atoms with E-state index in [1.54, 1.807) is 24.3 Å². The Kier molecular flexibility index (Phi) is 12.9. The highest BCUT2D eigenvalue weighted by molar-refractivity contribution is 14.0. The summed E-state index contributed by atoms with van der Waals surface area (Å²) in [5.41, 5.74) is 6.75. The standard InChI is InChI=1S/C17H30N4O2S.HI/c1-3-4-5-6-7-8-13-20-17(18)21-14-15-9-11-16(12-10-15)24(22,23)19-2;/h9-12,19H,3-8,13-14H2,1-2H3,(H3,18,20,21);1H. The van der Waals surface area contributed by atoms with Gasteiger partial charge in [-0.15, -0.1) is 24.0 Å². The van der Waals surface area contributed by atoms with E-state index >= 15 is 0 Å². The van der Waals surface area contributed by atoms with Gasteiger partial charge in [-0.25, -0.2) is 18.1 Å². The minimum atomic E-state index is -3.39. The number of aliphatic imine (C=N–C) groups is 1. The molecule has 1 rings (SSSR count). The van der Waals surface area contributed by atoms with Gasteiger partial charge in [-0.1, -0.05) is 51.2 Å². The van der Waals surface area contributed by atoms with Gasteiger partial charge in [0, 0.05) is 6.54 Å². The van der Waals surface area contributed by atoms with E-state index in [4.69, 9.17) is 5.73 Å². The predicted molar refractivity (Wildman–Crippen MR) is 115 cm³/mol. The molecule has 1 aromatic carbocycles. The van der Waals surface area contributed by atoms with Crippen LogP contribution in [0.25, 0.3) is 0 Å². The summed E-state index contributed by atoms with van der Waals surface area (Å²) >= 11 is 0. The van der Waals surface area contributed by atoms with Crippen LogP contribution in [0.1, 0.15) is 51.0 Å². The number of sulfonamides is 1. The van der Waals surface area contributed by atoms with Crippen LogP contribution in [0, 0.1) is 0 Å². The number of guanidine groups is 1. The van der Waals surface area contributed by atoms with E-state index in [1.165, 1.54) is 39.2 Å². The number of nitrogens with zero attached hydrogens (tertiary/aromatic N) is 1.